The Kier molecular flexibility index (Phi) is 3.49. The molecule has 0 saturated carbocycles. The molecule has 0 bridgehead atoms. The largest absolute Gasteiger partial charge is 0.334 e. The van der Waals surface area contributed by atoms with Crippen molar-refractivity contribution >= 4 is 21.6 Å². The minimum Gasteiger partial charge on any atom is -0.334 e. The van der Waals surface area contributed by atoms with Crippen molar-refractivity contribution in [2.75, 3.05) is 0 Å². The van der Waals surface area contributed by atoms with Gasteiger partial charge in [-0.05, 0) is 18.2 Å². The lowest BCUT2D eigenvalue weighted by molar-refractivity contribution is -0.384. The maximum absolute atomic E-state index is 10.8. The van der Waals surface area contributed by atoms with E-state index in [1.54, 1.807) is 12.1 Å². The van der Waals surface area contributed by atoms with E-state index in [2.05, 4.69) is 26.1 Å². The first-order chi connectivity index (χ1) is 10.1. The maximum Gasteiger partial charge on any atom is 0.270 e. The van der Waals surface area contributed by atoms with Crippen LogP contribution >= 0.6 is 15.9 Å². The van der Waals surface area contributed by atoms with E-state index in [4.69, 9.17) is 4.52 Å². The van der Waals surface area contributed by atoms with E-state index in [0.717, 1.165) is 10.0 Å². The molecule has 0 unspecified atom stereocenters. The summed E-state index contributed by atoms with van der Waals surface area (Å²) in [6.45, 7) is 0. The molecular formula is C14H8BrN3O3. The second kappa shape index (κ2) is 5.45. The number of aromatic nitrogens is 2. The van der Waals surface area contributed by atoms with Crippen molar-refractivity contribution in [2.45, 2.75) is 0 Å². The Morgan fingerprint density at radius 2 is 1.95 bits per heavy atom. The summed E-state index contributed by atoms with van der Waals surface area (Å²) in [5, 5.41) is 14.7. The molecule has 0 aliphatic rings. The number of halogens is 1. The van der Waals surface area contributed by atoms with Crippen LogP contribution in [0.1, 0.15) is 0 Å². The van der Waals surface area contributed by atoms with Gasteiger partial charge in [0.15, 0.2) is 0 Å². The van der Waals surface area contributed by atoms with E-state index in [1.807, 2.05) is 24.3 Å². The highest BCUT2D eigenvalue weighted by Gasteiger charge is 2.15. The highest BCUT2D eigenvalue weighted by Crippen LogP contribution is 2.28. The van der Waals surface area contributed by atoms with E-state index in [-0.39, 0.29) is 11.6 Å². The second-order valence-electron chi connectivity index (χ2n) is 4.21. The molecule has 2 aromatic carbocycles. The Labute approximate surface area is 127 Å². The average molecular weight is 346 g/mol. The van der Waals surface area contributed by atoms with Crippen LogP contribution in [0.2, 0.25) is 0 Å². The van der Waals surface area contributed by atoms with Crippen LogP contribution in [-0.4, -0.2) is 15.1 Å². The van der Waals surface area contributed by atoms with E-state index in [9.17, 15) is 10.1 Å². The lowest BCUT2D eigenvalue weighted by Gasteiger charge is -1.96. The zero-order chi connectivity index (χ0) is 14.8. The lowest BCUT2D eigenvalue weighted by Crippen LogP contribution is -1.88. The SMILES string of the molecule is O=[N+]([O-])c1cccc(-c2nc(-c3ccccc3Br)no2)c1. The Hall–Kier alpha value is -2.54. The van der Waals surface area contributed by atoms with E-state index in [1.165, 1.54) is 12.1 Å². The van der Waals surface area contributed by atoms with Crippen molar-refractivity contribution in [3.05, 3.63) is 63.1 Å². The highest BCUT2D eigenvalue weighted by molar-refractivity contribution is 9.10. The molecule has 1 aromatic heterocycles. The van der Waals surface area contributed by atoms with Crippen molar-refractivity contribution in [1.82, 2.24) is 10.1 Å². The van der Waals surface area contributed by atoms with Crippen LogP contribution in [0.25, 0.3) is 22.8 Å². The van der Waals surface area contributed by atoms with Crippen molar-refractivity contribution in [3.63, 3.8) is 0 Å². The fraction of sp³-hybridized carbons (Fsp3) is 0. The monoisotopic (exact) mass is 345 g/mol. The van der Waals surface area contributed by atoms with Gasteiger partial charge in [0.2, 0.25) is 5.82 Å². The van der Waals surface area contributed by atoms with Gasteiger partial charge < -0.3 is 4.52 Å². The quantitative estimate of drug-likeness (QED) is 0.527. The summed E-state index contributed by atoms with van der Waals surface area (Å²) in [5.74, 6) is 0.661. The number of nitrogens with zero attached hydrogens (tertiary/aromatic N) is 3. The van der Waals surface area contributed by atoms with Crippen molar-refractivity contribution in [3.8, 4) is 22.8 Å². The van der Waals surface area contributed by atoms with Crippen LogP contribution in [0.15, 0.2) is 57.5 Å². The first-order valence-corrected chi connectivity index (χ1v) is 6.78. The molecule has 0 N–H and O–H groups in total. The molecule has 0 spiro atoms. The normalized spacial score (nSPS) is 10.5. The Morgan fingerprint density at radius 3 is 2.71 bits per heavy atom. The summed E-state index contributed by atoms with van der Waals surface area (Å²) in [5.41, 5.74) is 1.28. The van der Waals surface area contributed by atoms with Gasteiger partial charge in [0.1, 0.15) is 0 Å². The third-order valence-electron chi connectivity index (χ3n) is 2.84. The summed E-state index contributed by atoms with van der Waals surface area (Å²) >= 11 is 3.42. The lowest BCUT2D eigenvalue weighted by atomic mass is 10.2. The summed E-state index contributed by atoms with van der Waals surface area (Å²) in [6.07, 6.45) is 0. The third-order valence-corrected chi connectivity index (χ3v) is 3.54. The molecule has 3 aromatic rings. The highest BCUT2D eigenvalue weighted by atomic mass is 79.9. The predicted molar refractivity (Wildman–Crippen MR) is 79.5 cm³/mol. The van der Waals surface area contributed by atoms with Gasteiger partial charge in [0.05, 0.1) is 4.92 Å². The number of nitro groups is 1. The Balaban J connectivity index is 2.01. The Morgan fingerprint density at radius 1 is 1.14 bits per heavy atom. The van der Waals surface area contributed by atoms with Gasteiger partial charge in [-0.2, -0.15) is 4.98 Å². The number of non-ortho nitro benzene ring substituents is 1. The smallest absolute Gasteiger partial charge is 0.270 e. The van der Waals surface area contributed by atoms with Crippen LogP contribution in [0.3, 0.4) is 0 Å². The second-order valence-corrected chi connectivity index (χ2v) is 5.06. The molecule has 0 fully saturated rings. The average Bonchev–Trinajstić information content (AvgIpc) is 2.97. The Bertz CT molecular complexity index is 816. The summed E-state index contributed by atoms with van der Waals surface area (Å²) in [4.78, 5) is 14.6. The zero-order valence-electron chi connectivity index (χ0n) is 10.6. The molecule has 0 saturated heterocycles. The summed E-state index contributed by atoms with van der Waals surface area (Å²) in [6, 6.07) is 13.6. The number of rotatable bonds is 3. The number of hydrogen-bond donors (Lipinski definition) is 0. The van der Waals surface area contributed by atoms with E-state index in [0.29, 0.717) is 11.4 Å². The first-order valence-electron chi connectivity index (χ1n) is 5.98. The number of benzene rings is 2. The van der Waals surface area contributed by atoms with Crippen molar-refractivity contribution in [1.29, 1.82) is 0 Å². The minimum absolute atomic E-state index is 0.0202. The van der Waals surface area contributed by atoms with Gasteiger partial charge >= 0.3 is 0 Å². The fourth-order valence-corrected chi connectivity index (χ4v) is 2.31. The molecule has 0 amide bonds. The standard InChI is InChI=1S/C14H8BrN3O3/c15-12-7-2-1-6-11(12)13-16-14(21-17-13)9-4-3-5-10(8-9)18(19)20/h1-8H. The van der Waals surface area contributed by atoms with Crippen LogP contribution in [0, 0.1) is 10.1 Å². The van der Waals surface area contributed by atoms with Gasteiger partial charge in [-0.3, -0.25) is 10.1 Å². The molecule has 3 rings (SSSR count). The van der Waals surface area contributed by atoms with E-state index >= 15 is 0 Å². The van der Waals surface area contributed by atoms with Crippen LogP contribution in [-0.2, 0) is 0 Å². The molecule has 104 valence electrons. The summed E-state index contributed by atoms with van der Waals surface area (Å²) in [7, 11) is 0. The fourth-order valence-electron chi connectivity index (χ4n) is 1.85. The molecular weight excluding hydrogens is 338 g/mol. The molecule has 21 heavy (non-hydrogen) atoms. The minimum atomic E-state index is -0.464. The molecule has 0 atom stereocenters. The van der Waals surface area contributed by atoms with Crippen LogP contribution < -0.4 is 0 Å². The van der Waals surface area contributed by atoms with Crippen molar-refractivity contribution in [2.24, 2.45) is 0 Å². The van der Waals surface area contributed by atoms with Gasteiger partial charge in [0.25, 0.3) is 11.6 Å². The third kappa shape index (κ3) is 2.68. The molecule has 0 radical (unpaired) electrons. The molecule has 0 aliphatic heterocycles. The van der Waals surface area contributed by atoms with Gasteiger partial charge in [-0.25, -0.2) is 0 Å². The predicted octanol–water partition coefficient (Wildman–Crippen LogP) is 4.07. The molecule has 1 heterocycles. The van der Waals surface area contributed by atoms with Crippen LogP contribution in [0.4, 0.5) is 5.69 Å². The van der Waals surface area contributed by atoms with E-state index < -0.39 is 4.92 Å². The number of hydrogen-bond acceptors (Lipinski definition) is 5. The topological polar surface area (TPSA) is 82.1 Å². The number of nitro benzene ring substituents is 1. The van der Waals surface area contributed by atoms with Crippen LogP contribution in [0.5, 0.6) is 0 Å². The van der Waals surface area contributed by atoms with Crippen molar-refractivity contribution < 1.29 is 9.45 Å². The molecule has 7 heteroatoms. The van der Waals surface area contributed by atoms with Gasteiger partial charge in [-0.1, -0.05) is 39.3 Å². The van der Waals surface area contributed by atoms with Gasteiger partial charge in [-0.15, -0.1) is 0 Å². The first kappa shape index (κ1) is 13.4. The molecule has 6 nitrogen and oxygen atoms in total. The van der Waals surface area contributed by atoms with Gasteiger partial charge in [0, 0.05) is 27.7 Å². The zero-order valence-corrected chi connectivity index (χ0v) is 12.1. The summed E-state index contributed by atoms with van der Waals surface area (Å²) < 4.78 is 6.03. The maximum atomic E-state index is 10.8. The molecule has 0 aliphatic carbocycles.